The first-order chi connectivity index (χ1) is 9.77. The summed E-state index contributed by atoms with van der Waals surface area (Å²) in [4.78, 5) is 19.6. The smallest absolute Gasteiger partial charge is 0.275 e. The number of rotatable bonds is 3. The molecule has 1 aromatic heterocycles. The van der Waals surface area contributed by atoms with E-state index in [4.69, 9.17) is 11.6 Å². The molecule has 0 saturated heterocycles. The molecule has 0 spiro atoms. The molecule has 0 atom stereocenters. The normalized spacial score (nSPS) is 11.2. The van der Waals surface area contributed by atoms with Gasteiger partial charge in [0.2, 0.25) is 15.0 Å². The molecular weight excluding hydrogens is 382 g/mol. The quantitative estimate of drug-likeness (QED) is 0.814. The monoisotopic (exact) mass is 389 g/mol. The third-order valence-electron chi connectivity index (χ3n) is 2.37. The lowest BCUT2D eigenvalue weighted by molar-refractivity contribution is 0.102. The minimum absolute atomic E-state index is 0.0691. The van der Waals surface area contributed by atoms with Crippen molar-refractivity contribution in [2.45, 2.75) is 5.16 Å². The molecule has 1 aromatic carbocycles. The molecule has 0 radical (unpaired) electrons. The Morgan fingerprint density at radius 1 is 1.29 bits per heavy atom. The van der Waals surface area contributed by atoms with Gasteiger partial charge in [0.25, 0.3) is 5.91 Å². The number of nitrogens with one attached hydrogen (secondary N) is 1. The van der Waals surface area contributed by atoms with Gasteiger partial charge in [0.05, 0.1) is 4.47 Å². The zero-order valence-corrected chi connectivity index (χ0v) is 13.8. The topological polar surface area (TPSA) is 89.0 Å². The molecule has 0 fully saturated rings. The Kier molecular flexibility index (Phi) is 4.60. The van der Waals surface area contributed by atoms with Crippen molar-refractivity contribution in [1.82, 2.24) is 9.97 Å². The highest BCUT2D eigenvalue weighted by molar-refractivity contribution is 9.10. The SMILES string of the molecule is CS(=O)(=O)c1ncc(Br)c(C(=O)Nc2ccc(Cl)cc2)n1. The van der Waals surface area contributed by atoms with Crippen LogP contribution < -0.4 is 5.32 Å². The molecule has 6 nitrogen and oxygen atoms in total. The summed E-state index contributed by atoms with van der Waals surface area (Å²) < 4.78 is 23.1. The molecule has 2 rings (SSSR count). The van der Waals surface area contributed by atoms with Crippen molar-refractivity contribution in [2.75, 3.05) is 11.6 Å². The van der Waals surface area contributed by atoms with Gasteiger partial charge in [-0.2, -0.15) is 0 Å². The van der Waals surface area contributed by atoms with Crippen molar-refractivity contribution < 1.29 is 13.2 Å². The number of halogens is 2. The van der Waals surface area contributed by atoms with Gasteiger partial charge in [-0.1, -0.05) is 11.6 Å². The zero-order chi connectivity index (χ0) is 15.6. The second-order valence-corrected chi connectivity index (χ2v) is 7.28. The van der Waals surface area contributed by atoms with Crippen molar-refractivity contribution in [1.29, 1.82) is 0 Å². The molecule has 1 N–H and O–H groups in total. The molecule has 1 heterocycles. The zero-order valence-electron chi connectivity index (χ0n) is 10.7. The maximum atomic E-state index is 12.1. The van der Waals surface area contributed by atoms with Gasteiger partial charge in [-0.05, 0) is 40.2 Å². The van der Waals surface area contributed by atoms with Crippen LogP contribution >= 0.6 is 27.5 Å². The van der Waals surface area contributed by atoms with Crippen LogP contribution in [0.2, 0.25) is 5.02 Å². The number of hydrogen-bond donors (Lipinski definition) is 1. The fourth-order valence-corrected chi connectivity index (χ4v) is 2.41. The minimum Gasteiger partial charge on any atom is -0.321 e. The first-order valence-electron chi connectivity index (χ1n) is 5.57. The van der Waals surface area contributed by atoms with Gasteiger partial charge in [-0.3, -0.25) is 4.79 Å². The highest BCUT2D eigenvalue weighted by atomic mass is 79.9. The number of nitrogens with zero attached hydrogens (tertiary/aromatic N) is 2. The van der Waals surface area contributed by atoms with E-state index in [1.54, 1.807) is 24.3 Å². The van der Waals surface area contributed by atoms with Gasteiger partial charge in [-0.25, -0.2) is 18.4 Å². The molecule has 0 aliphatic carbocycles. The van der Waals surface area contributed by atoms with E-state index in [0.717, 1.165) is 6.26 Å². The van der Waals surface area contributed by atoms with Gasteiger partial charge in [0, 0.05) is 23.2 Å². The van der Waals surface area contributed by atoms with Crippen molar-refractivity contribution in [3.05, 3.63) is 45.7 Å². The minimum atomic E-state index is -3.59. The van der Waals surface area contributed by atoms with Crippen molar-refractivity contribution in [3.8, 4) is 0 Å². The van der Waals surface area contributed by atoms with E-state index >= 15 is 0 Å². The van der Waals surface area contributed by atoms with Gasteiger partial charge in [-0.15, -0.1) is 0 Å². The standard InChI is InChI=1S/C12H9BrClN3O3S/c1-21(19,20)12-15-6-9(13)10(17-12)11(18)16-8-4-2-7(14)3-5-8/h2-6H,1H3,(H,16,18). The fraction of sp³-hybridized carbons (Fsp3) is 0.0833. The van der Waals surface area contributed by atoms with Crippen molar-refractivity contribution in [2.24, 2.45) is 0 Å². The number of carbonyl (C=O) groups is 1. The second-order valence-electron chi connectivity index (χ2n) is 4.08. The average Bonchev–Trinajstić information content (AvgIpc) is 2.40. The summed E-state index contributed by atoms with van der Waals surface area (Å²) >= 11 is 8.87. The third-order valence-corrected chi connectivity index (χ3v) is 4.06. The largest absolute Gasteiger partial charge is 0.321 e. The van der Waals surface area contributed by atoms with Gasteiger partial charge >= 0.3 is 0 Å². The Labute approximate surface area is 134 Å². The van der Waals surface area contributed by atoms with Gasteiger partial charge < -0.3 is 5.32 Å². The molecule has 0 aliphatic heterocycles. The maximum Gasteiger partial charge on any atom is 0.275 e. The Hall–Kier alpha value is -1.51. The Bertz CT molecular complexity index is 794. The second kappa shape index (κ2) is 6.08. The highest BCUT2D eigenvalue weighted by Crippen LogP contribution is 2.18. The molecule has 1 amide bonds. The third kappa shape index (κ3) is 3.99. The summed E-state index contributed by atoms with van der Waals surface area (Å²) in [6, 6.07) is 6.47. The number of sulfone groups is 1. The fourth-order valence-electron chi connectivity index (χ4n) is 1.41. The number of amides is 1. The predicted molar refractivity (Wildman–Crippen MR) is 82.2 cm³/mol. The van der Waals surface area contributed by atoms with E-state index in [0.29, 0.717) is 15.2 Å². The summed E-state index contributed by atoms with van der Waals surface area (Å²) in [6.45, 7) is 0. The lowest BCUT2D eigenvalue weighted by atomic mass is 10.3. The van der Waals surface area contributed by atoms with Crippen LogP contribution in [-0.4, -0.2) is 30.5 Å². The summed E-state index contributed by atoms with van der Waals surface area (Å²) in [6.07, 6.45) is 2.19. The van der Waals surface area contributed by atoms with Crippen LogP contribution in [0.25, 0.3) is 0 Å². The lowest BCUT2D eigenvalue weighted by Crippen LogP contribution is -2.17. The van der Waals surface area contributed by atoms with Crippen LogP contribution in [0, 0.1) is 0 Å². The van der Waals surface area contributed by atoms with Crippen LogP contribution in [0.15, 0.2) is 40.1 Å². The van der Waals surface area contributed by atoms with Crippen molar-refractivity contribution in [3.63, 3.8) is 0 Å². The molecule has 21 heavy (non-hydrogen) atoms. The summed E-state index contributed by atoms with van der Waals surface area (Å²) in [5.74, 6) is -0.559. The molecule has 0 bridgehead atoms. The Balaban J connectivity index is 2.32. The maximum absolute atomic E-state index is 12.1. The number of hydrogen-bond acceptors (Lipinski definition) is 5. The highest BCUT2D eigenvalue weighted by Gasteiger charge is 2.18. The number of benzene rings is 1. The van der Waals surface area contributed by atoms with E-state index in [2.05, 4.69) is 31.2 Å². The van der Waals surface area contributed by atoms with Crippen LogP contribution in [-0.2, 0) is 9.84 Å². The van der Waals surface area contributed by atoms with Gasteiger partial charge in [0.1, 0.15) is 5.69 Å². The predicted octanol–water partition coefficient (Wildman–Crippen LogP) is 2.55. The van der Waals surface area contributed by atoms with Gasteiger partial charge in [0.15, 0.2) is 0 Å². The van der Waals surface area contributed by atoms with E-state index in [9.17, 15) is 13.2 Å². The Morgan fingerprint density at radius 2 is 1.90 bits per heavy atom. The van der Waals surface area contributed by atoms with E-state index < -0.39 is 20.9 Å². The first-order valence-corrected chi connectivity index (χ1v) is 8.63. The Morgan fingerprint density at radius 3 is 2.48 bits per heavy atom. The number of carbonyl (C=O) groups excluding carboxylic acids is 1. The van der Waals surface area contributed by atoms with Crippen LogP contribution in [0.1, 0.15) is 10.5 Å². The molecule has 0 aliphatic rings. The molecule has 9 heteroatoms. The molecule has 0 saturated carbocycles. The van der Waals surface area contributed by atoms with Crippen LogP contribution in [0.4, 0.5) is 5.69 Å². The first kappa shape index (κ1) is 15.9. The molecular formula is C12H9BrClN3O3S. The average molecular weight is 391 g/mol. The molecule has 0 unspecified atom stereocenters. The summed E-state index contributed by atoms with van der Waals surface area (Å²) in [5, 5.41) is 2.72. The number of aromatic nitrogens is 2. The molecule has 2 aromatic rings. The lowest BCUT2D eigenvalue weighted by Gasteiger charge is -2.07. The molecule has 110 valence electrons. The van der Waals surface area contributed by atoms with E-state index in [-0.39, 0.29) is 5.69 Å². The van der Waals surface area contributed by atoms with Crippen LogP contribution in [0.3, 0.4) is 0 Å². The number of anilines is 1. The van der Waals surface area contributed by atoms with E-state index in [1.165, 1.54) is 6.20 Å². The summed E-state index contributed by atoms with van der Waals surface area (Å²) in [7, 11) is -3.59. The van der Waals surface area contributed by atoms with Crippen molar-refractivity contribution >= 4 is 49.0 Å². The summed E-state index contributed by atoms with van der Waals surface area (Å²) in [5.41, 5.74) is 0.441. The van der Waals surface area contributed by atoms with Crippen LogP contribution in [0.5, 0.6) is 0 Å². The van der Waals surface area contributed by atoms with E-state index in [1.807, 2.05) is 0 Å².